The number of aromatic carboxylic acids is 2. The van der Waals surface area contributed by atoms with Crippen molar-refractivity contribution in [1.82, 2.24) is 0 Å². The number of benzene rings is 1. The van der Waals surface area contributed by atoms with Gasteiger partial charge in [0.25, 0.3) is 0 Å². The summed E-state index contributed by atoms with van der Waals surface area (Å²) in [5.41, 5.74) is 4.70. The molecule has 0 bridgehead atoms. The minimum atomic E-state index is -1.44. The van der Waals surface area contributed by atoms with Crippen LogP contribution in [0.2, 0.25) is 0 Å². The summed E-state index contributed by atoms with van der Waals surface area (Å²) in [6.07, 6.45) is 0. The second-order valence-corrected chi connectivity index (χ2v) is 2.38. The Morgan fingerprint density at radius 2 is 1.67 bits per heavy atom. The summed E-state index contributed by atoms with van der Waals surface area (Å²) in [5, 5.41) is 20.7. The van der Waals surface area contributed by atoms with Crippen molar-refractivity contribution in [3.8, 4) is 0 Å². The first-order valence-electron chi connectivity index (χ1n) is 3.34. The Kier molecular flexibility index (Phi) is 6.38. The summed E-state index contributed by atoms with van der Waals surface area (Å²) in [6.45, 7) is 0. The van der Waals surface area contributed by atoms with Crippen LogP contribution in [0.5, 0.6) is 0 Å². The summed E-state index contributed by atoms with van der Waals surface area (Å²) < 4.78 is 0. The standard InChI is InChI=1S/C8H7NO4.Fe.H2O/c9-6-3-4(7(10)11)1-2-5(6)8(12)13;;/h1-3H,9H2,(H,10,11)(H,12,13);;1H2/q;+3;/p-3. The SMILES string of the molecule is Nc1cc(C(=O)[O-])ccc1C(=O)[O-].[Fe+3].[OH-]. The molecule has 0 atom stereocenters. The van der Waals surface area contributed by atoms with Crippen molar-refractivity contribution < 1.29 is 42.3 Å². The number of carboxylic acids is 2. The second-order valence-electron chi connectivity index (χ2n) is 2.38. The molecule has 6 nitrogen and oxygen atoms in total. The number of nitrogen functional groups attached to an aromatic ring is 1. The van der Waals surface area contributed by atoms with E-state index in [0.29, 0.717) is 0 Å². The fourth-order valence-corrected chi connectivity index (χ4v) is 0.876. The molecule has 0 unspecified atom stereocenters. The zero-order valence-corrected chi connectivity index (χ0v) is 8.35. The molecule has 0 saturated carbocycles. The van der Waals surface area contributed by atoms with Gasteiger partial charge in [0.05, 0.1) is 11.9 Å². The molecule has 0 aliphatic rings. The minimum absolute atomic E-state index is 0. The third-order valence-corrected chi connectivity index (χ3v) is 1.51. The van der Waals surface area contributed by atoms with Gasteiger partial charge in [0.1, 0.15) is 0 Å². The van der Waals surface area contributed by atoms with E-state index in [1.807, 2.05) is 0 Å². The molecule has 0 aliphatic heterocycles. The molecular formula is C8H6FeNO5. The van der Waals surface area contributed by atoms with Crippen LogP contribution >= 0.6 is 0 Å². The Morgan fingerprint density at radius 3 is 2.00 bits per heavy atom. The van der Waals surface area contributed by atoms with E-state index in [9.17, 15) is 19.8 Å². The average Bonchev–Trinajstić information content (AvgIpc) is 2.03. The third-order valence-electron chi connectivity index (χ3n) is 1.51. The molecule has 0 heterocycles. The van der Waals surface area contributed by atoms with Gasteiger partial charge in [-0.05, 0) is 11.6 Å². The molecule has 0 saturated heterocycles. The molecule has 0 amide bonds. The molecule has 0 aromatic heterocycles. The number of rotatable bonds is 2. The third kappa shape index (κ3) is 3.59. The maximum atomic E-state index is 10.3. The first-order chi connectivity index (χ1) is 6.02. The quantitative estimate of drug-likeness (QED) is 0.469. The predicted octanol–water partition coefficient (Wildman–Crippen LogP) is -2.18. The number of nitrogens with two attached hydrogens (primary N) is 1. The Hall–Kier alpha value is -1.56. The van der Waals surface area contributed by atoms with Crippen LogP contribution in [-0.4, -0.2) is 17.4 Å². The van der Waals surface area contributed by atoms with Crippen molar-refractivity contribution in [3.63, 3.8) is 0 Å². The van der Waals surface area contributed by atoms with Crippen LogP contribution in [0.15, 0.2) is 18.2 Å². The zero-order chi connectivity index (χ0) is 10.0. The molecule has 0 fully saturated rings. The zero-order valence-electron chi connectivity index (χ0n) is 7.24. The van der Waals surface area contributed by atoms with Gasteiger partial charge in [0, 0.05) is 11.3 Å². The average molecular weight is 252 g/mol. The van der Waals surface area contributed by atoms with Crippen LogP contribution in [0.1, 0.15) is 20.7 Å². The molecule has 15 heavy (non-hydrogen) atoms. The van der Waals surface area contributed by atoms with Crippen LogP contribution in [0.3, 0.4) is 0 Å². The Morgan fingerprint density at radius 1 is 1.13 bits per heavy atom. The monoisotopic (exact) mass is 252 g/mol. The molecule has 0 spiro atoms. The number of carbonyl (C=O) groups is 2. The van der Waals surface area contributed by atoms with Gasteiger partial charge in [0.15, 0.2) is 0 Å². The minimum Gasteiger partial charge on any atom is -0.870 e. The second kappa shape index (κ2) is 6.02. The molecule has 1 radical (unpaired) electrons. The number of hydrogen-bond donors (Lipinski definition) is 1. The number of carbonyl (C=O) groups excluding carboxylic acids is 2. The van der Waals surface area contributed by atoms with Crippen LogP contribution < -0.4 is 15.9 Å². The first-order valence-corrected chi connectivity index (χ1v) is 3.34. The van der Waals surface area contributed by atoms with Gasteiger partial charge in [-0.25, -0.2) is 0 Å². The summed E-state index contributed by atoms with van der Waals surface area (Å²) in [4.78, 5) is 20.7. The molecular weight excluding hydrogens is 246 g/mol. The molecule has 7 heteroatoms. The Labute approximate surface area is 95.5 Å². The summed E-state index contributed by atoms with van der Waals surface area (Å²) >= 11 is 0. The van der Waals surface area contributed by atoms with Gasteiger partial charge in [-0.1, -0.05) is 12.1 Å². The molecule has 0 aliphatic carbocycles. The van der Waals surface area contributed by atoms with E-state index in [1.165, 1.54) is 0 Å². The van der Waals surface area contributed by atoms with Crippen molar-refractivity contribution in [2.45, 2.75) is 0 Å². The Balaban J connectivity index is 0. The van der Waals surface area contributed by atoms with Gasteiger partial charge in [-0.3, -0.25) is 0 Å². The first kappa shape index (κ1) is 15.9. The van der Waals surface area contributed by atoms with Crippen molar-refractivity contribution in [3.05, 3.63) is 29.3 Å². The van der Waals surface area contributed by atoms with Crippen LogP contribution in [0.25, 0.3) is 0 Å². The largest absolute Gasteiger partial charge is 3.00 e. The van der Waals surface area contributed by atoms with E-state index >= 15 is 0 Å². The van der Waals surface area contributed by atoms with Crippen molar-refractivity contribution >= 4 is 17.6 Å². The van der Waals surface area contributed by atoms with Crippen LogP contribution in [0.4, 0.5) is 5.69 Å². The van der Waals surface area contributed by atoms with Crippen molar-refractivity contribution in [2.75, 3.05) is 5.73 Å². The summed E-state index contributed by atoms with van der Waals surface area (Å²) in [6, 6.07) is 3.17. The van der Waals surface area contributed by atoms with E-state index in [4.69, 9.17) is 5.73 Å². The van der Waals surface area contributed by atoms with Crippen molar-refractivity contribution in [1.29, 1.82) is 0 Å². The number of carboxylic acid groups (broad SMARTS) is 2. The fourth-order valence-electron chi connectivity index (χ4n) is 0.876. The van der Waals surface area contributed by atoms with E-state index in [-0.39, 0.29) is 39.4 Å². The predicted molar refractivity (Wildman–Crippen MR) is 41.5 cm³/mol. The van der Waals surface area contributed by atoms with E-state index in [1.54, 1.807) is 0 Å². The van der Waals surface area contributed by atoms with Crippen LogP contribution in [-0.2, 0) is 17.1 Å². The smallest absolute Gasteiger partial charge is 0.870 e. The fraction of sp³-hybridized carbons (Fsp3) is 0. The van der Waals surface area contributed by atoms with Crippen molar-refractivity contribution in [2.24, 2.45) is 0 Å². The number of hydrogen-bond acceptors (Lipinski definition) is 6. The molecule has 1 rings (SSSR count). The van der Waals surface area contributed by atoms with Gasteiger partial charge >= 0.3 is 17.1 Å². The maximum absolute atomic E-state index is 10.3. The van der Waals surface area contributed by atoms with Gasteiger partial charge in [-0.15, -0.1) is 0 Å². The summed E-state index contributed by atoms with van der Waals surface area (Å²) in [5.74, 6) is -2.85. The molecule has 81 valence electrons. The van der Waals surface area contributed by atoms with Gasteiger partial charge < -0.3 is 31.0 Å². The Bertz CT molecular complexity index is 379. The maximum Gasteiger partial charge on any atom is 3.00 e. The molecule has 3 N–H and O–H groups in total. The van der Waals surface area contributed by atoms with Crippen LogP contribution in [0, 0.1) is 0 Å². The van der Waals surface area contributed by atoms with E-state index in [0.717, 1.165) is 18.2 Å². The van der Waals surface area contributed by atoms with Gasteiger partial charge in [0.2, 0.25) is 0 Å². The van der Waals surface area contributed by atoms with Gasteiger partial charge in [-0.2, -0.15) is 0 Å². The molecule has 1 aromatic rings. The topological polar surface area (TPSA) is 136 Å². The van der Waals surface area contributed by atoms with E-state index in [2.05, 4.69) is 0 Å². The normalized spacial score (nSPS) is 8.27. The summed E-state index contributed by atoms with van der Waals surface area (Å²) in [7, 11) is 0. The number of anilines is 1. The molecule has 1 aromatic carbocycles. The van der Waals surface area contributed by atoms with E-state index < -0.39 is 11.9 Å².